The van der Waals surface area contributed by atoms with Gasteiger partial charge in [0.1, 0.15) is 0 Å². The lowest BCUT2D eigenvalue weighted by Crippen LogP contribution is -2.04. The number of allylic oxidation sites excluding steroid dienone is 10. The van der Waals surface area contributed by atoms with Gasteiger partial charge in [-0.15, -0.1) is 0 Å². The molecule has 0 aromatic heterocycles. The van der Waals surface area contributed by atoms with Crippen LogP contribution in [0, 0.1) is 12.3 Å². The predicted octanol–water partition coefficient (Wildman–Crippen LogP) is 4.16. The Morgan fingerprint density at radius 3 is 2.60 bits per heavy atom. The molecule has 0 saturated carbocycles. The lowest BCUT2D eigenvalue weighted by atomic mass is 9.85. The summed E-state index contributed by atoms with van der Waals surface area (Å²) in [6.45, 7) is 6.57. The van der Waals surface area contributed by atoms with Crippen molar-refractivity contribution in [1.29, 1.82) is 0 Å². The Hall–Kier alpha value is -1.30. The van der Waals surface area contributed by atoms with Gasteiger partial charge in [0.15, 0.2) is 0 Å². The Morgan fingerprint density at radius 2 is 1.93 bits per heavy atom. The SMILES string of the molecule is CC1=C[CH]/C(=C2\C=CC=CC2C)C(C)=C1. The van der Waals surface area contributed by atoms with Crippen LogP contribution >= 0.6 is 0 Å². The van der Waals surface area contributed by atoms with Crippen LogP contribution in [0.15, 0.2) is 58.7 Å². The summed E-state index contributed by atoms with van der Waals surface area (Å²) in [5.74, 6) is 0.524. The van der Waals surface area contributed by atoms with Crippen molar-refractivity contribution in [2.45, 2.75) is 20.8 Å². The first-order chi connectivity index (χ1) is 7.18. The van der Waals surface area contributed by atoms with E-state index >= 15 is 0 Å². The first-order valence-corrected chi connectivity index (χ1v) is 5.48. The van der Waals surface area contributed by atoms with Gasteiger partial charge in [-0.3, -0.25) is 0 Å². The molecule has 1 atom stereocenters. The Morgan fingerprint density at radius 1 is 1.13 bits per heavy atom. The second kappa shape index (κ2) is 4.06. The normalized spacial score (nSPS) is 30.2. The highest BCUT2D eigenvalue weighted by Crippen LogP contribution is 2.31. The maximum atomic E-state index is 2.25. The molecule has 0 aromatic rings. The van der Waals surface area contributed by atoms with Crippen LogP contribution in [0.4, 0.5) is 0 Å². The Balaban J connectivity index is 2.39. The summed E-state index contributed by atoms with van der Waals surface area (Å²) in [6.07, 6.45) is 15.4. The molecule has 15 heavy (non-hydrogen) atoms. The van der Waals surface area contributed by atoms with Crippen molar-refractivity contribution in [3.8, 4) is 0 Å². The molecular formula is C15H17. The minimum atomic E-state index is 0.524. The third-order valence-electron chi connectivity index (χ3n) is 2.97. The van der Waals surface area contributed by atoms with E-state index in [9.17, 15) is 0 Å². The van der Waals surface area contributed by atoms with E-state index in [1.165, 1.54) is 22.3 Å². The first kappa shape index (κ1) is 10.2. The molecule has 0 nitrogen and oxygen atoms in total. The molecule has 0 N–H and O–H groups in total. The van der Waals surface area contributed by atoms with Crippen LogP contribution in [0.5, 0.6) is 0 Å². The van der Waals surface area contributed by atoms with Gasteiger partial charge in [-0.1, -0.05) is 49.0 Å². The van der Waals surface area contributed by atoms with Gasteiger partial charge in [0.2, 0.25) is 0 Å². The zero-order valence-electron chi connectivity index (χ0n) is 9.62. The number of rotatable bonds is 0. The van der Waals surface area contributed by atoms with Crippen LogP contribution in [0.1, 0.15) is 20.8 Å². The predicted molar refractivity (Wildman–Crippen MR) is 66.3 cm³/mol. The average Bonchev–Trinajstić information content (AvgIpc) is 2.20. The fraction of sp³-hybridized carbons (Fsp3) is 0.267. The van der Waals surface area contributed by atoms with Crippen LogP contribution in [0.2, 0.25) is 0 Å². The van der Waals surface area contributed by atoms with Crippen LogP contribution in [-0.4, -0.2) is 0 Å². The second-order valence-corrected chi connectivity index (χ2v) is 4.31. The number of hydrogen-bond donors (Lipinski definition) is 0. The van der Waals surface area contributed by atoms with E-state index in [1.807, 2.05) is 0 Å². The van der Waals surface area contributed by atoms with Gasteiger partial charge in [0.25, 0.3) is 0 Å². The third-order valence-corrected chi connectivity index (χ3v) is 2.97. The molecule has 2 aliphatic carbocycles. The van der Waals surface area contributed by atoms with Crippen LogP contribution in [0.25, 0.3) is 0 Å². The Kier molecular flexibility index (Phi) is 2.77. The van der Waals surface area contributed by atoms with E-state index in [0.717, 1.165) is 0 Å². The zero-order chi connectivity index (χ0) is 10.8. The molecule has 0 spiro atoms. The molecule has 0 saturated heterocycles. The molecule has 77 valence electrons. The van der Waals surface area contributed by atoms with Crippen molar-refractivity contribution in [2.24, 2.45) is 5.92 Å². The molecule has 0 aromatic carbocycles. The maximum Gasteiger partial charge on any atom is 0.0133 e. The topological polar surface area (TPSA) is 0 Å². The minimum absolute atomic E-state index is 0.524. The summed E-state index contributed by atoms with van der Waals surface area (Å²) in [6, 6.07) is 0. The van der Waals surface area contributed by atoms with Gasteiger partial charge < -0.3 is 0 Å². The fourth-order valence-electron chi connectivity index (χ4n) is 2.12. The monoisotopic (exact) mass is 197 g/mol. The molecule has 0 fully saturated rings. The van der Waals surface area contributed by atoms with Crippen molar-refractivity contribution < 1.29 is 0 Å². The van der Waals surface area contributed by atoms with E-state index in [-0.39, 0.29) is 0 Å². The fourth-order valence-corrected chi connectivity index (χ4v) is 2.12. The van der Waals surface area contributed by atoms with Gasteiger partial charge in [0.05, 0.1) is 0 Å². The average molecular weight is 197 g/mol. The van der Waals surface area contributed by atoms with E-state index in [4.69, 9.17) is 0 Å². The highest BCUT2D eigenvalue weighted by Gasteiger charge is 2.14. The van der Waals surface area contributed by atoms with E-state index in [2.05, 4.69) is 63.6 Å². The van der Waals surface area contributed by atoms with E-state index in [0.29, 0.717) is 5.92 Å². The molecule has 1 radical (unpaired) electrons. The van der Waals surface area contributed by atoms with E-state index in [1.54, 1.807) is 0 Å². The second-order valence-electron chi connectivity index (χ2n) is 4.31. The van der Waals surface area contributed by atoms with Gasteiger partial charge >= 0.3 is 0 Å². The van der Waals surface area contributed by atoms with Gasteiger partial charge in [-0.05, 0) is 36.5 Å². The molecule has 0 aliphatic heterocycles. The van der Waals surface area contributed by atoms with Crippen molar-refractivity contribution in [1.82, 2.24) is 0 Å². The van der Waals surface area contributed by atoms with Crippen molar-refractivity contribution in [3.63, 3.8) is 0 Å². The molecule has 0 heterocycles. The minimum Gasteiger partial charge on any atom is -0.0773 e. The Bertz CT molecular complexity index is 411. The summed E-state index contributed by atoms with van der Waals surface area (Å²) in [4.78, 5) is 0. The zero-order valence-corrected chi connectivity index (χ0v) is 9.62. The summed E-state index contributed by atoms with van der Waals surface area (Å²) < 4.78 is 0. The van der Waals surface area contributed by atoms with Crippen molar-refractivity contribution >= 4 is 0 Å². The molecule has 1 unspecified atom stereocenters. The third kappa shape index (κ3) is 2.04. The smallest absolute Gasteiger partial charge is 0.0133 e. The maximum absolute atomic E-state index is 2.25. The lowest BCUT2D eigenvalue weighted by molar-refractivity contribution is 0.870. The molecule has 0 amide bonds. The van der Waals surface area contributed by atoms with Crippen molar-refractivity contribution in [2.75, 3.05) is 0 Å². The summed E-state index contributed by atoms with van der Waals surface area (Å²) in [5, 5.41) is 0. The standard InChI is InChI=1S/C15H17/c1-11-8-9-15(13(3)10-11)14-7-5-4-6-12(14)2/h4-10,12H,1-3H3/b15-14-. The van der Waals surface area contributed by atoms with Gasteiger partial charge in [0, 0.05) is 6.42 Å². The highest BCUT2D eigenvalue weighted by molar-refractivity contribution is 5.55. The Labute approximate surface area is 92.4 Å². The number of hydrogen-bond acceptors (Lipinski definition) is 0. The first-order valence-electron chi connectivity index (χ1n) is 5.48. The molecule has 0 bridgehead atoms. The van der Waals surface area contributed by atoms with Gasteiger partial charge in [-0.2, -0.15) is 0 Å². The highest BCUT2D eigenvalue weighted by atomic mass is 14.2. The van der Waals surface area contributed by atoms with Crippen LogP contribution in [0.3, 0.4) is 0 Å². The van der Waals surface area contributed by atoms with E-state index < -0.39 is 0 Å². The lowest BCUT2D eigenvalue weighted by Gasteiger charge is -2.20. The van der Waals surface area contributed by atoms with Crippen LogP contribution < -0.4 is 0 Å². The quantitative estimate of drug-likeness (QED) is 0.547. The molecular weight excluding hydrogens is 180 g/mol. The molecule has 2 aliphatic rings. The largest absolute Gasteiger partial charge is 0.0773 e. The molecule has 2 rings (SSSR count). The summed E-state index contributed by atoms with van der Waals surface area (Å²) in [7, 11) is 0. The van der Waals surface area contributed by atoms with Crippen LogP contribution in [-0.2, 0) is 0 Å². The van der Waals surface area contributed by atoms with Crippen molar-refractivity contribution in [3.05, 3.63) is 65.2 Å². The van der Waals surface area contributed by atoms with Gasteiger partial charge in [-0.25, -0.2) is 0 Å². The summed E-state index contributed by atoms with van der Waals surface area (Å²) in [5.41, 5.74) is 5.51. The molecule has 0 heteroatoms. The summed E-state index contributed by atoms with van der Waals surface area (Å²) >= 11 is 0.